The number of aliphatic imine (C=N–C) groups is 1. The van der Waals surface area contributed by atoms with Gasteiger partial charge in [0, 0.05) is 24.2 Å². The molecule has 1 aromatic rings. The third-order valence-electron chi connectivity index (χ3n) is 3.10. The molecule has 0 amide bonds. The van der Waals surface area contributed by atoms with E-state index in [1.54, 1.807) is 11.3 Å². The lowest BCUT2D eigenvalue weighted by Gasteiger charge is -2.17. The van der Waals surface area contributed by atoms with E-state index in [-0.39, 0.29) is 0 Å². The molecule has 5 heteroatoms. The molecule has 0 radical (unpaired) electrons. The molecule has 0 aromatic carbocycles. The van der Waals surface area contributed by atoms with Gasteiger partial charge in [0.15, 0.2) is 5.96 Å². The summed E-state index contributed by atoms with van der Waals surface area (Å²) in [4.78, 5) is 9.85. The summed E-state index contributed by atoms with van der Waals surface area (Å²) in [5.74, 6) is 1.64. The molecule has 4 nitrogen and oxygen atoms in total. The summed E-state index contributed by atoms with van der Waals surface area (Å²) in [6.07, 6.45) is 5.63. The fraction of sp³-hybridized carbons (Fsp3) is 0.733. The Morgan fingerprint density at radius 3 is 2.65 bits per heavy atom. The molecule has 114 valence electrons. The topological polar surface area (TPSA) is 49.3 Å². The summed E-state index contributed by atoms with van der Waals surface area (Å²) in [5.41, 5.74) is 0. The minimum atomic E-state index is 0.443. The van der Waals surface area contributed by atoms with Gasteiger partial charge >= 0.3 is 0 Å². The van der Waals surface area contributed by atoms with Crippen molar-refractivity contribution in [3.63, 3.8) is 0 Å². The largest absolute Gasteiger partial charge is 0.354 e. The molecule has 0 aliphatic heterocycles. The van der Waals surface area contributed by atoms with Crippen molar-refractivity contribution in [3.8, 4) is 0 Å². The monoisotopic (exact) mass is 296 g/mol. The summed E-state index contributed by atoms with van der Waals surface area (Å²) in [6, 6.07) is 0.443. The molecular weight excluding hydrogens is 268 g/mol. The molecule has 0 spiro atoms. The number of thiazole rings is 1. The Morgan fingerprint density at radius 2 is 2.10 bits per heavy atom. The van der Waals surface area contributed by atoms with Crippen molar-refractivity contribution in [1.82, 2.24) is 15.6 Å². The van der Waals surface area contributed by atoms with Crippen LogP contribution in [0.5, 0.6) is 0 Å². The van der Waals surface area contributed by atoms with E-state index in [2.05, 4.69) is 48.3 Å². The van der Waals surface area contributed by atoms with Crippen LogP contribution in [0.1, 0.15) is 49.9 Å². The van der Waals surface area contributed by atoms with Gasteiger partial charge in [-0.05, 0) is 26.2 Å². The zero-order valence-corrected chi connectivity index (χ0v) is 14.2. The standard InChI is InChI=1S/C15H28N4S/c1-11(2)7-6-8-12(3)19-15(16-5)18-10-14-17-9-13(4)20-14/h9,11-12H,6-8,10H2,1-5H3,(H2,16,18,19). The Balaban J connectivity index is 2.28. The van der Waals surface area contributed by atoms with E-state index in [0.29, 0.717) is 6.04 Å². The molecule has 0 aliphatic rings. The van der Waals surface area contributed by atoms with E-state index in [1.807, 2.05) is 13.2 Å². The minimum absolute atomic E-state index is 0.443. The van der Waals surface area contributed by atoms with Crippen molar-refractivity contribution in [3.05, 3.63) is 16.1 Å². The minimum Gasteiger partial charge on any atom is -0.354 e. The second kappa shape index (κ2) is 8.95. The normalized spacial score (nSPS) is 13.6. The van der Waals surface area contributed by atoms with Crippen LogP contribution in [0.25, 0.3) is 0 Å². The van der Waals surface area contributed by atoms with Crippen LogP contribution in [0, 0.1) is 12.8 Å². The summed E-state index contributed by atoms with van der Waals surface area (Å²) in [6.45, 7) is 9.56. The van der Waals surface area contributed by atoms with Crippen molar-refractivity contribution in [1.29, 1.82) is 0 Å². The molecule has 20 heavy (non-hydrogen) atoms. The molecule has 1 atom stereocenters. The Kier molecular flexibility index (Phi) is 7.59. The van der Waals surface area contributed by atoms with Gasteiger partial charge < -0.3 is 10.6 Å². The van der Waals surface area contributed by atoms with Crippen molar-refractivity contribution < 1.29 is 0 Å². The maximum Gasteiger partial charge on any atom is 0.191 e. The first-order valence-electron chi connectivity index (χ1n) is 7.39. The molecule has 0 aliphatic carbocycles. The highest BCUT2D eigenvalue weighted by atomic mass is 32.1. The van der Waals surface area contributed by atoms with Gasteiger partial charge in [-0.2, -0.15) is 0 Å². The lowest BCUT2D eigenvalue weighted by Crippen LogP contribution is -2.41. The maximum atomic E-state index is 4.34. The third-order valence-corrected chi connectivity index (χ3v) is 4.01. The Hall–Kier alpha value is -1.10. The fourth-order valence-electron chi connectivity index (χ4n) is 1.97. The Bertz CT molecular complexity index is 412. The van der Waals surface area contributed by atoms with Crippen molar-refractivity contribution >= 4 is 17.3 Å². The number of aryl methyl sites for hydroxylation is 1. The van der Waals surface area contributed by atoms with Gasteiger partial charge in [-0.3, -0.25) is 4.99 Å². The summed E-state index contributed by atoms with van der Waals surface area (Å²) < 4.78 is 0. The third kappa shape index (κ3) is 6.89. The first-order chi connectivity index (χ1) is 9.51. The molecule has 0 fully saturated rings. The summed E-state index contributed by atoms with van der Waals surface area (Å²) in [7, 11) is 1.81. The van der Waals surface area contributed by atoms with E-state index in [9.17, 15) is 0 Å². The lowest BCUT2D eigenvalue weighted by atomic mass is 10.0. The van der Waals surface area contributed by atoms with Crippen LogP contribution in [0.15, 0.2) is 11.2 Å². The number of rotatable bonds is 7. The van der Waals surface area contributed by atoms with Gasteiger partial charge in [-0.25, -0.2) is 4.98 Å². The number of guanidine groups is 1. The number of aromatic nitrogens is 1. The van der Waals surface area contributed by atoms with Crippen LogP contribution < -0.4 is 10.6 Å². The first-order valence-corrected chi connectivity index (χ1v) is 8.21. The van der Waals surface area contributed by atoms with Crippen molar-refractivity contribution in [2.24, 2.45) is 10.9 Å². The average Bonchev–Trinajstić information content (AvgIpc) is 2.79. The van der Waals surface area contributed by atoms with Gasteiger partial charge in [0.2, 0.25) is 0 Å². The second-order valence-corrected chi connectivity index (χ2v) is 6.98. The zero-order chi connectivity index (χ0) is 15.0. The number of nitrogens with one attached hydrogen (secondary N) is 2. The van der Waals surface area contributed by atoms with Crippen LogP contribution in [-0.4, -0.2) is 24.0 Å². The molecule has 1 rings (SSSR count). The van der Waals surface area contributed by atoms with E-state index < -0.39 is 0 Å². The van der Waals surface area contributed by atoms with Crippen molar-refractivity contribution in [2.45, 2.75) is 59.5 Å². The van der Waals surface area contributed by atoms with Gasteiger partial charge in [0.1, 0.15) is 5.01 Å². The summed E-state index contributed by atoms with van der Waals surface area (Å²) in [5, 5.41) is 7.84. The van der Waals surface area contributed by atoms with Crippen LogP contribution in [0.4, 0.5) is 0 Å². The van der Waals surface area contributed by atoms with E-state index in [0.717, 1.165) is 23.4 Å². The van der Waals surface area contributed by atoms with Crippen molar-refractivity contribution in [2.75, 3.05) is 7.05 Å². The smallest absolute Gasteiger partial charge is 0.191 e. The highest BCUT2D eigenvalue weighted by Crippen LogP contribution is 2.10. The fourth-order valence-corrected chi connectivity index (χ4v) is 2.70. The first kappa shape index (κ1) is 17.0. The van der Waals surface area contributed by atoms with Gasteiger partial charge in [0.05, 0.1) is 6.54 Å². The predicted molar refractivity (Wildman–Crippen MR) is 88.3 cm³/mol. The quantitative estimate of drug-likeness (QED) is 0.599. The predicted octanol–water partition coefficient (Wildman–Crippen LogP) is 3.33. The van der Waals surface area contributed by atoms with Crippen LogP contribution in [0.3, 0.4) is 0 Å². The SMILES string of the molecule is CN=C(NCc1ncc(C)s1)NC(C)CCCC(C)C. The molecule has 1 aromatic heterocycles. The highest BCUT2D eigenvalue weighted by molar-refractivity contribution is 7.11. The van der Waals surface area contributed by atoms with Gasteiger partial charge in [-0.15, -0.1) is 11.3 Å². The molecule has 1 heterocycles. The molecular formula is C15H28N4S. The highest BCUT2D eigenvalue weighted by Gasteiger charge is 2.06. The maximum absolute atomic E-state index is 4.34. The number of hydrogen-bond donors (Lipinski definition) is 2. The molecule has 1 unspecified atom stereocenters. The molecule has 0 bridgehead atoms. The van der Waals surface area contributed by atoms with E-state index in [4.69, 9.17) is 0 Å². The molecule has 0 saturated carbocycles. The Labute approximate surface area is 127 Å². The van der Waals surface area contributed by atoms with E-state index in [1.165, 1.54) is 24.1 Å². The van der Waals surface area contributed by atoms with Crippen LogP contribution in [-0.2, 0) is 6.54 Å². The number of hydrogen-bond acceptors (Lipinski definition) is 3. The van der Waals surface area contributed by atoms with Gasteiger partial charge in [-0.1, -0.05) is 26.7 Å². The van der Waals surface area contributed by atoms with Crippen LogP contribution >= 0.6 is 11.3 Å². The zero-order valence-electron chi connectivity index (χ0n) is 13.4. The van der Waals surface area contributed by atoms with Gasteiger partial charge in [0.25, 0.3) is 0 Å². The summed E-state index contributed by atoms with van der Waals surface area (Å²) >= 11 is 1.72. The molecule has 0 saturated heterocycles. The second-order valence-electron chi connectivity index (χ2n) is 5.66. The van der Waals surface area contributed by atoms with Crippen LogP contribution in [0.2, 0.25) is 0 Å². The average molecular weight is 296 g/mol. The Morgan fingerprint density at radius 1 is 1.35 bits per heavy atom. The molecule has 2 N–H and O–H groups in total. The number of nitrogens with zero attached hydrogens (tertiary/aromatic N) is 2. The lowest BCUT2D eigenvalue weighted by molar-refractivity contribution is 0.491. The van der Waals surface area contributed by atoms with E-state index >= 15 is 0 Å².